The first-order valence-corrected chi connectivity index (χ1v) is 8.15. The second-order valence-electron chi connectivity index (χ2n) is 6.83. The van der Waals surface area contributed by atoms with Gasteiger partial charge in [-0.2, -0.15) is 0 Å². The highest BCUT2D eigenvalue weighted by atomic mass is 16.5. The average Bonchev–Trinajstić information content (AvgIpc) is 2.95. The molecule has 3 rings (SSSR count). The lowest BCUT2D eigenvalue weighted by molar-refractivity contribution is 0.0646. The third-order valence-electron chi connectivity index (χ3n) is 4.29. The molecule has 0 bridgehead atoms. The van der Waals surface area contributed by atoms with Crippen molar-refractivity contribution in [3.63, 3.8) is 0 Å². The highest BCUT2D eigenvalue weighted by molar-refractivity contribution is 5.94. The number of aromatic amines is 1. The minimum atomic E-state index is -0.0756. The number of rotatable bonds is 3. The quantitative estimate of drug-likeness (QED) is 0.906. The van der Waals surface area contributed by atoms with Gasteiger partial charge in [0.1, 0.15) is 17.3 Å². The number of imidazole rings is 1. The van der Waals surface area contributed by atoms with E-state index >= 15 is 0 Å². The van der Waals surface area contributed by atoms with Gasteiger partial charge in [-0.05, 0) is 32.9 Å². The van der Waals surface area contributed by atoms with Crippen molar-refractivity contribution >= 4 is 5.91 Å². The van der Waals surface area contributed by atoms with Crippen LogP contribution in [0.2, 0.25) is 0 Å². The van der Waals surface area contributed by atoms with Gasteiger partial charge >= 0.3 is 0 Å². The van der Waals surface area contributed by atoms with E-state index in [1.807, 2.05) is 36.1 Å². The van der Waals surface area contributed by atoms with E-state index in [0.29, 0.717) is 24.6 Å². The zero-order valence-electron chi connectivity index (χ0n) is 14.6. The summed E-state index contributed by atoms with van der Waals surface area (Å²) in [7, 11) is 1.63. The van der Waals surface area contributed by atoms with E-state index in [0.717, 1.165) is 23.6 Å². The Morgan fingerprint density at radius 1 is 1.38 bits per heavy atom. The van der Waals surface area contributed by atoms with Gasteiger partial charge in [0.25, 0.3) is 5.91 Å². The Morgan fingerprint density at radius 2 is 2.17 bits per heavy atom. The fourth-order valence-electron chi connectivity index (χ4n) is 3.04. The zero-order chi connectivity index (χ0) is 17.3. The Morgan fingerprint density at radius 3 is 2.88 bits per heavy atom. The highest BCUT2D eigenvalue weighted by Crippen LogP contribution is 2.23. The summed E-state index contributed by atoms with van der Waals surface area (Å²) in [5.41, 5.74) is 2.10. The van der Waals surface area contributed by atoms with Crippen molar-refractivity contribution in [2.45, 2.75) is 26.3 Å². The smallest absolute Gasteiger partial charge is 0.274 e. The van der Waals surface area contributed by atoms with Crippen LogP contribution in [0.15, 0.2) is 24.3 Å². The number of nitrogens with one attached hydrogen (secondary N) is 2. The van der Waals surface area contributed by atoms with Gasteiger partial charge in [0.15, 0.2) is 0 Å². The lowest BCUT2D eigenvalue weighted by atomic mass is 10.0. The first-order chi connectivity index (χ1) is 11.4. The topological polar surface area (TPSA) is 70.2 Å². The Bertz CT molecular complexity index is 751. The van der Waals surface area contributed by atoms with Crippen LogP contribution in [-0.4, -0.2) is 53.1 Å². The third-order valence-corrected chi connectivity index (χ3v) is 4.29. The summed E-state index contributed by atoms with van der Waals surface area (Å²) < 4.78 is 5.26. The van der Waals surface area contributed by atoms with Gasteiger partial charge in [-0.3, -0.25) is 4.79 Å². The van der Waals surface area contributed by atoms with E-state index in [9.17, 15) is 4.79 Å². The van der Waals surface area contributed by atoms with Gasteiger partial charge in [0, 0.05) is 36.4 Å². The van der Waals surface area contributed by atoms with Crippen LogP contribution in [0.5, 0.6) is 5.75 Å². The number of hydrogen-bond acceptors (Lipinski definition) is 4. The van der Waals surface area contributed by atoms with Crippen LogP contribution in [-0.2, 0) is 0 Å². The number of hydrogen-bond donors (Lipinski definition) is 2. The molecule has 0 aliphatic carbocycles. The van der Waals surface area contributed by atoms with Crippen molar-refractivity contribution in [1.82, 2.24) is 20.2 Å². The summed E-state index contributed by atoms with van der Waals surface area (Å²) in [6.45, 7) is 8.26. The molecule has 0 radical (unpaired) electrons. The molecule has 1 amide bonds. The molecule has 1 aliphatic rings. The van der Waals surface area contributed by atoms with Crippen molar-refractivity contribution in [1.29, 1.82) is 0 Å². The monoisotopic (exact) mass is 328 g/mol. The maximum Gasteiger partial charge on any atom is 0.274 e. The molecule has 1 saturated heterocycles. The van der Waals surface area contributed by atoms with E-state index in [-0.39, 0.29) is 11.4 Å². The predicted molar refractivity (Wildman–Crippen MR) is 93.3 cm³/mol. The van der Waals surface area contributed by atoms with Crippen molar-refractivity contribution in [2.75, 3.05) is 26.7 Å². The Labute approximate surface area is 142 Å². The number of H-pyrrole nitrogens is 1. The second-order valence-corrected chi connectivity index (χ2v) is 6.83. The number of aryl methyl sites for hydroxylation is 1. The third kappa shape index (κ3) is 3.28. The summed E-state index contributed by atoms with van der Waals surface area (Å²) >= 11 is 0. The molecule has 1 fully saturated rings. The summed E-state index contributed by atoms with van der Waals surface area (Å²) in [4.78, 5) is 22.5. The van der Waals surface area contributed by atoms with E-state index in [2.05, 4.69) is 29.1 Å². The molecule has 0 unspecified atom stereocenters. The maximum atomic E-state index is 12.9. The lowest BCUT2D eigenvalue weighted by Gasteiger charge is -2.38. The number of carbonyl (C=O) groups excluding carboxylic acids is 1. The molecular formula is C18H24N4O2. The molecule has 2 heterocycles. The normalized spacial score (nSPS) is 16.9. The van der Waals surface area contributed by atoms with Crippen molar-refractivity contribution < 1.29 is 9.53 Å². The predicted octanol–water partition coefficient (Wildman–Crippen LogP) is 2.22. The lowest BCUT2D eigenvalue weighted by Crippen LogP contribution is -2.58. The Hall–Kier alpha value is -2.34. The van der Waals surface area contributed by atoms with Crippen LogP contribution in [0.4, 0.5) is 0 Å². The van der Waals surface area contributed by atoms with E-state index in [1.54, 1.807) is 7.11 Å². The first-order valence-electron chi connectivity index (χ1n) is 8.15. The highest BCUT2D eigenvalue weighted by Gasteiger charge is 2.31. The number of ether oxygens (including phenoxy) is 1. The van der Waals surface area contributed by atoms with Crippen LogP contribution in [0, 0.1) is 6.92 Å². The number of carbonyl (C=O) groups is 1. The molecule has 6 nitrogen and oxygen atoms in total. The van der Waals surface area contributed by atoms with Gasteiger partial charge < -0.3 is 19.9 Å². The molecule has 2 aromatic rings. The molecule has 2 N–H and O–H groups in total. The van der Waals surface area contributed by atoms with Gasteiger partial charge in [-0.1, -0.05) is 12.1 Å². The number of aromatic nitrogens is 2. The van der Waals surface area contributed by atoms with Crippen LogP contribution in [0.25, 0.3) is 11.4 Å². The zero-order valence-corrected chi connectivity index (χ0v) is 14.6. The van der Waals surface area contributed by atoms with Gasteiger partial charge in [-0.25, -0.2) is 4.98 Å². The summed E-state index contributed by atoms with van der Waals surface area (Å²) in [6.07, 6.45) is 0. The molecule has 0 atom stereocenters. The minimum absolute atomic E-state index is 0.0209. The molecular weight excluding hydrogens is 304 g/mol. The van der Waals surface area contributed by atoms with Crippen LogP contribution < -0.4 is 10.1 Å². The number of benzene rings is 1. The van der Waals surface area contributed by atoms with Crippen molar-refractivity contribution in [3.8, 4) is 17.1 Å². The van der Waals surface area contributed by atoms with Crippen LogP contribution in [0.1, 0.15) is 30.0 Å². The van der Waals surface area contributed by atoms with Crippen LogP contribution in [0.3, 0.4) is 0 Å². The van der Waals surface area contributed by atoms with Crippen molar-refractivity contribution in [2.24, 2.45) is 0 Å². The second kappa shape index (κ2) is 6.28. The van der Waals surface area contributed by atoms with E-state index < -0.39 is 0 Å². The molecule has 1 aromatic heterocycles. The molecule has 0 saturated carbocycles. The molecule has 1 aromatic carbocycles. The number of nitrogens with zero attached hydrogens (tertiary/aromatic N) is 2. The number of piperazine rings is 1. The number of methoxy groups -OCH3 is 1. The fourth-order valence-corrected chi connectivity index (χ4v) is 3.04. The number of amides is 1. The van der Waals surface area contributed by atoms with Crippen LogP contribution >= 0.6 is 0 Å². The summed E-state index contributed by atoms with van der Waals surface area (Å²) in [5.74, 6) is 1.43. The first kappa shape index (κ1) is 16.5. The molecule has 24 heavy (non-hydrogen) atoms. The Balaban J connectivity index is 1.87. The van der Waals surface area contributed by atoms with Gasteiger partial charge in [-0.15, -0.1) is 0 Å². The van der Waals surface area contributed by atoms with Gasteiger partial charge in [0.05, 0.1) is 7.11 Å². The standard InChI is InChI=1S/C18H24N4O2/c1-12-15(17(23)22-9-8-19-18(2,3)11-22)21-16(20-12)13-6-5-7-14(10-13)24-4/h5-7,10,19H,8-9,11H2,1-4H3,(H,20,21). The Kier molecular flexibility index (Phi) is 4.32. The summed E-state index contributed by atoms with van der Waals surface area (Å²) in [5, 5.41) is 3.42. The maximum absolute atomic E-state index is 12.9. The van der Waals surface area contributed by atoms with E-state index in [1.165, 1.54) is 0 Å². The van der Waals surface area contributed by atoms with E-state index in [4.69, 9.17) is 4.74 Å². The average molecular weight is 328 g/mol. The molecule has 6 heteroatoms. The largest absolute Gasteiger partial charge is 0.497 e. The molecule has 0 spiro atoms. The summed E-state index contributed by atoms with van der Waals surface area (Å²) in [6, 6.07) is 7.64. The molecule has 1 aliphatic heterocycles. The van der Waals surface area contributed by atoms with Crippen molar-refractivity contribution in [3.05, 3.63) is 35.7 Å². The fraction of sp³-hybridized carbons (Fsp3) is 0.444. The SMILES string of the molecule is COc1cccc(-c2nc(C(=O)N3CCNC(C)(C)C3)c(C)[nH]2)c1. The van der Waals surface area contributed by atoms with Gasteiger partial charge in [0.2, 0.25) is 0 Å². The minimum Gasteiger partial charge on any atom is -0.497 e. The molecule has 128 valence electrons.